The number of hydrogen-bond donors (Lipinski definition) is 0. The molecular weight excluding hydrogens is 626 g/mol. The first kappa shape index (κ1) is 26.5. The number of para-hydroxylation sites is 1. The zero-order valence-corrected chi connectivity index (χ0v) is 24.1. The molecule has 0 aliphatic carbocycles. The predicted octanol–water partition coefficient (Wildman–Crippen LogP) is 7.01. The first-order valence-corrected chi connectivity index (χ1v) is 13.4. The lowest BCUT2D eigenvalue weighted by atomic mass is 10.1. The summed E-state index contributed by atoms with van der Waals surface area (Å²) in [5.41, 5.74) is 2.72. The van der Waals surface area contributed by atoms with Gasteiger partial charge in [0.1, 0.15) is 5.75 Å². The predicted molar refractivity (Wildman–Crippen MR) is 159 cm³/mol. The number of nitrogens with zero attached hydrogens (tertiary/aromatic N) is 3. The van der Waals surface area contributed by atoms with Crippen LogP contribution in [0.2, 0.25) is 0 Å². The van der Waals surface area contributed by atoms with Gasteiger partial charge in [-0.1, -0.05) is 45.8 Å². The third kappa shape index (κ3) is 5.69. The van der Waals surface area contributed by atoms with Crippen molar-refractivity contribution in [3.05, 3.63) is 121 Å². The van der Waals surface area contributed by atoms with E-state index in [1.807, 2.05) is 31.2 Å². The fourth-order valence-electron chi connectivity index (χ4n) is 3.99. The van der Waals surface area contributed by atoms with Gasteiger partial charge in [-0.25, -0.2) is 9.78 Å². The fraction of sp³-hybridized carbons (Fsp3) is 0.0667. The zero-order valence-electron chi connectivity index (χ0n) is 20.9. The van der Waals surface area contributed by atoms with E-state index >= 15 is 0 Å². The Morgan fingerprint density at radius 1 is 0.974 bits per heavy atom. The summed E-state index contributed by atoms with van der Waals surface area (Å²) >= 11 is 6.97. The number of carbonyl (C=O) groups excluding carboxylic acids is 1. The van der Waals surface area contributed by atoms with E-state index in [2.05, 4.69) is 37.0 Å². The maximum absolute atomic E-state index is 13.6. The standard InChI is InChI=1S/C30H21Br2N3O4/c1-18-6-5-7-20(14-18)30(37)39-27-21(15-22(31)16-25(27)32)17-33-35-28(19-10-12-23(38-2)13-11-19)34-26-9-4-3-8-24(26)29(35)36/h3-17H,1-2H3. The number of methoxy groups -OCH3 is 1. The van der Waals surface area contributed by atoms with Crippen molar-refractivity contribution in [3.63, 3.8) is 0 Å². The topological polar surface area (TPSA) is 82.8 Å². The molecule has 0 aliphatic heterocycles. The van der Waals surface area contributed by atoms with Crippen LogP contribution in [0.5, 0.6) is 11.5 Å². The van der Waals surface area contributed by atoms with Crippen LogP contribution in [0.15, 0.2) is 104 Å². The number of carbonyl (C=O) groups is 1. The number of aryl methyl sites for hydroxylation is 1. The lowest BCUT2D eigenvalue weighted by molar-refractivity contribution is 0.0733. The van der Waals surface area contributed by atoms with E-state index in [1.54, 1.807) is 67.8 Å². The number of benzene rings is 4. The largest absolute Gasteiger partial charge is 0.497 e. The Morgan fingerprint density at radius 2 is 1.74 bits per heavy atom. The molecule has 5 rings (SSSR count). The second kappa shape index (κ2) is 11.3. The molecular formula is C30H21Br2N3O4. The van der Waals surface area contributed by atoms with Crippen LogP contribution in [0.3, 0.4) is 0 Å². The van der Waals surface area contributed by atoms with Crippen LogP contribution in [-0.2, 0) is 0 Å². The second-order valence-corrected chi connectivity index (χ2v) is 10.4. The molecule has 0 N–H and O–H groups in total. The molecule has 0 bridgehead atoms. The second-order valence-electron chi connectivity index (χ2n) is 8.61. The van der Waals surface area contributed by atoms with Crippen molar-refractivity contribution >= 4 is 54.9 Å². The molecule has 194 valence electrons. The molecule has 39 heavy (non-hydrogen) atoms. The summed E-state index contributed by atoms with van der Waals surface area (Å²) in [5.74, 6) is 0.780. The van der Waals surface area contributed by atoms with Gasteiger partial charge in [-0.15, -0.1) is 0 Å². The minimum Gasteiger partial charge on any atom is -0.497 e. The molecule has 0 radical (unpaired) electrons. The van der Waals surface area contributed by atoms with E-state index in [0.717, 1.165) is 10.0 Å². The van der Waals surface area contributed by atoms with Crippen LogP contribution < -0.4 is 15.0 Å². The number of ether oxygens (including phenoxy) is 2. The number of aromatic nitrogens is 2. The highest BCUT2D eigenvalue weighted by Gasteiger charge is 2.17. The lowest BCUT2D eigenvalue weighted by Crippen LogP contribution is -2.20. The average molecular weight is 647 g/mol. The molecule has 0 spiro atoms. The highest BCUT2D eigenvalue weighted by Crippen LogP contribution is 2.33. The van der Waals surface area contributed by atoms with Gasteiger partial charge in [-0.2, -0.15) is 9.78 Å². The monoisotopic (exact) mass is 645 g/mol. The van der Waals surface area contributed by atoms with Crippen molar-refractivity contribution in [2.24, 2.45) is 5.10 Å². The lowest BCUT2D eigenvalue weighted by Gasteiger charge is -2.12. The Morgan fingerprint density at radius 3 is 2.49 bits per heavy atom. The molecule has 0 saturated heterocycles. The Labute approximate surface area is 241 Å². The van der Waals surface area contributed by atoms with Crippen molar-refractivity contribution in [1.29, 1.82) is 0 Å². The van der Waals surface area contributed by atoms with Crippen molar-refractivity contribution in [2.75, 3.05) is 7.11 Å². The van der Waals surface area contributed by atoms with Crippen LogP contribution in [0.25, 0.3) is 22.3 Å². The Hall–Kier alpha value is -4.08. The van der Waals surface area contributed by atoms with Crippen LogP contribution in [0.1, 0.15) is 21.5 Å². The van der Waals surface area contributed by atoms with Gasteiger partial charge in [0.15, 0.2) is 11.6 Å². The van der Waals surface area contributed by atoms with Crippen LogP contribution in [-0.4, -0.2) is 29.0 Å². The Balaban J connectivity index is 1.62. The minimum atomic E-state index is -0.514. The number of esters is 1. The number of hydrogen-bond acceptors (Lipinski definition) is 6. The van der Waals surface area contributed by atoms with Gasteiger partial charge in [0.25, 0.3) is 5.56 Å². The fourth-order valence-corrected chi connectivity index (χ4v) is 5.32. The first-order chi connectivity index (χ1) is 18.8. The van der Waals surface area contributed by atoms with Crippen molar-refractivity contribution < 1.29 is 14.3 Å². The SMILES string of the molecule is COc1ccc(-c2nc3ccccc3c(=O)n2N=Cc2cc(Br)cc(Br)c2OC(=O)c2cccc(C)c2)cc1. The average Bonchev–Trinajstić information content (AvgIpc) is 2.94. The Kier molecular flexibility index (Phi) is 7.72. The highest BCUT2D eigenvalue weighted by atomic mass is 79.9. The summed E-state index contributed by atoms with van der Waals surface area (Å²) in [5, 5.41) is 4.96. The summed E-state index contributed by atoms with van der Waals surface area (Å²) in [4.78, 5) is 31.2. The molecule has 4 aromatic carbocycles. The molecule has 0 saturated carbocycles. The minimum absolute atomic E-state index is 0.265. The van der Waals surface area contributed by atoms with Crippen molar-refractivity contribution in [2.45, 2.75) is 6.92 Å². The normalized spacial score (nSPS) is 11.2. The van der Waals surface area contributed by atoms with Gasteiger partial charge in [0.05, 0.1) is 34.3 Å². The van der Waals surface area contributed by atoms with Crippen LogP contribution in [0, 0.1) is 6.92 Å². The molecule has 7 nitrogen and oxygen atoms in total. The number of rotatable bonds is 6. The molecule has 1 heterocycles. The summed E-state index contributed by atoms with van der Waals surface area (Å²) in [6.07, 6.45) is 1.47. The first-order valence-electron chi connectivity index (χ1n) is 11.8. The van der Waals surface area contributed by atoms with Crippen molar-refractivity contribution in [1.82, 2.24) is 9.66 Å². The van der Waals surface area contributed by atoms with Gasteiger partial charge in [-0.3, -0.25) is 4.79 Å². The zero-order chi connectivity index (χ0) is 27.5. The van der Waals surface area contributed by atoms with E-state index in [1.165, 1.54) is 10.9 Å². The molecule has 0 atom stereocenters. The van der Waals surface area contributed by atoms with Crippen LogP contribution >= 0.6 is 31.9 Å². The molecule has 0 aliphatic rings. The van der Waals surface area contributed by atoms with Gasteiger partial charge in [0.2, 0.25) is 0 Å². The van der Waals surface area contributed by atoms with Crippen LogP contribution in [0.4, 0.5) is 0 Å². The third-order valence-electron chi connectivity index (χ3n) is 5.90. The highest BCUT2D eigenvalue weighted by molar-refractivity contribution is 9.11. The summed E-state index contributed by atoms with van der Waals surface area (Å²) in [6.45, 7) is 1.90. The molecule has 5 aromatic rings. The summed E-state index contributed by atoms with van der Waals surface area (Å²) in [6, 6.07) is 25.0. The van der Waals surface area contributed by atoms with Gasteiger partial charge >= 0.3 is 5.97 Å². The number of fused-ring (bicyclic) bond motifs is 1. The van der Waals surface area contributed by atoms with E-state index in [0.29, 0.717) is 43.6 Å². The van der Waals surface area contributed by atoms with Gasteiger partial charge in [0, 0.05) is 15.6 Å². The molecule has 9 heteroatoms. The Bertz CT molecular complexity index is 1800. The quantitative estimate of drug-likeness (QED) is 0.113. The molecule has 0 unspecified atom stereocenters. The van der Waals surface area contributed by atoms with Gasteiger partial charge in [-0.05, 0) is 83.5 Å². The number of halogens is 2. The summed E-state index contributed by atoms with van der Waals surface area (Å²) in [7, 11) is 1.59. The third-order valence-corrected chi connectivity index (χ3v) is 6.95. The van der Waals surface area contributed by atoms with E-state index < -0.39 is 5.97 Å². The smallest absolute Gasteiger partial charge is 0.343 e. The molecule has 1 aromatic heterocycles. The van der Waals surface area contributed by atoms with E-state index in [9.17, 15) is 9.59 Å². The summed E-state index contributed by atoms with van der Waals surface area (Å²) < 4.78 is 13.6. The van der Waals surface area contributed by atoms with Gasteiger partial charge < -0.3 is 9.47 Å². The molecule has 0 amide bonds. The molecule has 0 fully saturated rings. The van der Waals surface area contributed by atoms with Crippen molar-refractivity contribution in [3.8, 4) is 22.9 Å². The van der Waals surface area contributed by atoms with E-state index in [4.69, 9.17) is 14.5 Å². The van der Waals surface area contributed by atoms with E-state index in [-0.39, 0.29) is 11.3 Å². The maximum Gasteiger partial charge on any atom is 0.343 e. The maximum atomic E-state index is 13.6.